The lowest BCUT2D eigenvalue weighted by Gasteiger charge is -1.99. The van der Waals surface area contributed by atoms with Crippen molar-refractivity contribution in [3.8, 4) is 0 Å². The highest BCUT2D eigenvalue weighted by Crippen LogP contribution is 2.10. The van der Waals surface area contributed by atoms with Crippen molar-refractivity contribution < 1.29 is 0 Å². The van der Waals surface area contributed by atoms with E-state index in [1.54, 1.807) is 0 Å². The van der Waals surface area contributed by atoms with Crippen LogP contribution in [0.25, 0.3) is 0 Å². The number of hydrogen-bond acceptors (Lipinski definition) is 0. The zero-order valence-corrected chi connectivity index (χ0v) is 17.3. The van der Waals surface area contributed by atoms with Crippen LogP contribution in [0.4, 0.5) is 0 Å². The van der Waals surface area contributed by atoms with Crippen LogP contribution in [-0.2, 0) is 0 Å². The molecule has 0 nitrogen and oxygen atoms in total. The Labute approximate surface area is 159 Å². The van der Waals surface area contributed by atoms with Crippen molar-refractivity contribution in [1.29, 1.82) is 0 Å². The van der Waals surface area contributed by atoms with Gasteiger partial charge in [0.1, 0.15) is 0 Å². The summed E-state index contributed by atoms with van der Waals surface area (Å²) in [6.45, 7) is 6.05. The minimum Gasteiger partial charge on any atom is -0.103 e. The van der Waals surface area contributed by atoms with Crippen molar-refractivity contribution in [2.45, 2.75) is 122 Å². The van der Waals surface area contributed by atoms with Gasteiger partial charge in [-0.3, -0.25) is 0 Å². The Bertz CT molecular complexity index is 297. The van der Waals surface area contributed by atoms with Gasteiger partial charge in [-0.2, -0.15) is 0 Å². The van der Waals surface area contributed by atoms with Crippen LogP contribution in [0, 0.1) is 0 Å². The molecule has 0 bridgehead atoms. The maximum Gasteiger partial charge on any atom is -0.0351 e. The van der Waals surface area contributed by atoms with Gasteiger partial charge in [0.05, 0.1) is 0 Å². The summed E-state index contributed by atoms with van der Waals surface area (Å²) in [5.41, 5.74) is 0. The van der Waals surface area contributed by atoms with Gasteiger partial charge in [0.25, 0.3) is 0 Å². The molecule has 0 N–H and O–H groups in total. The van der Waals surface area contributed by atoms with Gasteiger partial charge in [-0.25, -0.2) is 0 Å². The molecule has 0 saturated carbocycles. The zero-order valence-electron chi connectivity index (χ0n) is 17.3. The highest BCUT2D eigenvalue weighted by Gasteiger charge is 1.90. The molecule has 0 rings (SSSR count). The Kier molecular flexibility index (Phi) is 22.5. The van der Waals surface area contributed by atoms with Gasteiger partial charge in [-0.15, -0.1) is 6.58 Å². The molecule has 0 fully saturated rings. The van der Waals surface area contributed by atoms with Crippen molar-refractivity contribution >= 4 is 0 Å². The molecule has 146 valence electrons. The summed E-state index contributed by atoms with van der Waals surface area (Å²) in [5, 5.41) is 0. The molecule has 0 aliphatic carbocycles. The molecule has 0 aromatic rings. The third-order valence-electron chi connectivity index (χ3n) is 4.83. The summed E-state index contributed by atoms with van der Waals surface area (Å²) >= 11 is 0. The van der Waals surface area contributed by atoms with Crippen LogP contribution in [0.5, 0.6) is 0 Å². The topological polar surface area (TPSA) is 0 Å². The molecule has 0 atom stereocenters. The van der Waals surface area contributed by atoms with Gasteiger partial charge < -0.3 is 0 Å². The van der Waals surface area contributed by atoms with E-state index >= 15 is 0 Å². The van der Waals surface area contributed by atoms with Gasteiger partial charge in [0, 0.05) is 0 Å². The predicted octanol–water partition coefficient (Wildman–Crippen LogP) is 9.33. The molecule has 0 aromatic heterocycles. The smallest absolute Gasteiger partial charge is 0.0351 e. The van der Waals surface area contributed by atoms with E-state index in [-0.39, 0.29) is 0 Å². The third-order valence-corrected chi connectivity index (χ3v) is 4.83. The lowest BCUT2D eigenvalue weighted by atomic mass is 10.1. The first-order valence-corrected chi connectivity index (χ1v) is 11.3. The molecule has 0 heterocycles. The highest BCUT2D eigenvalue weighted by molar-refractivity contribution is 4.84. The Morgan fingerprint density at radius 3 is 1.16 bits per heavy atom. The summed E-state index contributed by atoms with van der Waals surface area (Å²) in [7, 11) is 0. The van der Waals surface area contributed by atoms with Crippen LogP contribution in [0.15, 0.2) is 37.0 Å². The van der Waals surface area contributed by atoms with Crippen molar-refractivity contribution in [2.75, 3.05) is 0 Å². The predicted molar refractivity (Wildman–Crippen MR) is 117 cm³/mol. The Morgan fingerprint density at radius 1 is 0.440 bits per heavy atom. The molecule has 0 heteroatoms. The van der Waals surface area contributed by atoms with E-state index in [0.717, 1.165) is 0 Å². The SMILES string of the molecule is C=CCCCCCCC=CCCCCC=CCCCCCCCCC. The molecule has 0 saturated heterocycles. The normalized spacial score (nSPS) is 11.7. The van der Waals surface area contributed by atoms with Crippen LogP contribution in [0.2, 0.25) is 0 Å². The molecule has 0 spiro atoms. The first-order valence-electron chi connectivity index (χ1n) is 11.3. The second-order valence-corrected chi connectivity index (χ2v) is 7.42. The molecule has 25 heavy (non-hydrogen) atoms. The summed E-state index contributed by atoms with van der Waals surface area (Å²) in [6, 6.07) is 0. The maximum absolute atomic E-state index is 3.77. The number of allylic oxidation sites excluding steroid dienone is 5. The van der Waals surface area contributed by atoms with Crippen LogP contribution in [-0.4, -0.2) is 0 Å². The van der Waals surface area contributed by atoms with Gasteiger partial charge in [-0.05, 0) is 64.2 Å². The third kappa shape index (κ3) is 23.2. The van der Waals surface area contributed by atoms with Gasteiger partial charge in [0.2, 0.25) is 0 Å². The Balaban J connectivity index is 3.14. The minimum absolute atomic E-state index is 1.18. The van der Waals surface area contributed by atoms with E-state index in [4.69, 9.17) is 0 Å². The van der Waals surface area contributed by atoms with Gasteiger partial charge >= 0.3 is 0 Å². The largest absolute Gasteiger partial charge is 0.103 e. The fraction of sp³-hybridized carbons (Fsp3) is 0.760. The lowest BCUT2D eigenvalue weighted by molar-refractivity contribution is 0.592. The average Bonchev–Trinajstić information content (AvgIpc) is 2.63. The highest BCUT2D eigenvalue weighted by atomic mass is 14.0. The van der Waals surface area contributed by atoms with Crippen molar-refractivity contribution in [3.05, 3.63) is 37.0 Å². The first kappa shape index (κ1) is 24.2. The van der Waals surface area contributed by atoms with Crippen LogP contribution in [0.1, 0.15) is 122 Å². The van der Waals surface area contributed by atoms with E-state index in [1.165, 1.54) is 116 Å². The van der Waals surface area contributed by atoms with Crippen LogP contribution >= 0.6 is 0 Å². The zero-order chi connectivity index (χ0) is 18.3. The Hall–Kier alpha value is -0.780. The summed E-state index contributed by atoms with van der Waals surface area (Å²) in [6.07, 6.45) is 35.9. The molecule has 0 aliphatic rings. The van der Waals surface area contributed by atoms with Gasteiger partial charge in [-0.1, -0.05) is 88.7 Å². The van der Waals surface area contributed by atoms with Crippen molar-refractivity contribution in [3.63, 3.8) is 0 Å². The number of unbranched alkanes of at least 4 members (excludes halogenated alkanes) is 15. The molecule has 0 radical (unpaired) electrons. The average molecular weight is 347 g/mol. The molecule has 0 aromatic carbocycles. The van der Waals surface area contributed by atoms with E-state index in [2.05, 4.69) is 37.8 Å². The lowest BCUT2D eigenvalue weighted by Crippen LogP contribution is -1.79. The molecule has 0 aliphatic heterocycles. The fourth-order valence-electron chi connectivity index (χ4n) is 3.12. The summed E-state index contributed by atoms with van der Waals surface area (Å²) < 4.78 is 0. The minimum atomic E-state index is 1.18. The number of hydrogen-bond donors (Lipinski definition) is 0. The second-order valence-electron chi connectivity index (χ2n) is 7.42. The molecular formula is C25H46. The molecule has 0 unspecified atom stereocenters. The summed E-state index contributed by atoms with van der Waals surface area (Å²) in [4.78, 5) is 0. The van der Waals surface area contributed by atoms with Gasteiger partial charge in [0.15, 0.2) is 0 Å². The first-order chi connectivity index (χ1) is 12.4. The number of rotatable bonds is 20. The standard InChI is InChI=1S/C25H46/c1-3-5-7-9-11-13-15-17-19-21-23-25-24-22-20-18-16-14-12-10-8-6-4-2/h3,17,19-20,22H,1,4-16,18,21,23-25H2,2H3. The quantitative estimate of drug-likeness (QED) is 0.152. The van der Waals surface area contributed by atoms with E-state index in [0.29, 0.717) is 0 Å². The fourth-order valence-corrected chi connectivity index (χ4v) is 3.12. The molecule has 0 amide bonds. The van der Waals surface area contributed by atoms with E-state index in [9.17, 15) is 0 Å². The monoisotopic (exact) mass is 346 g/mol. The van der Waals surface area contributed by atoms with E-state index < -0.39 is 0 Å². The van der Waals surface area contributed by atoms with Crippen molar-refractivity contribution in [1.82, 2.24) is 0 Å². The summed E-state index contributed by atoms with van der Waals surface area (Å²) in [5.74, 6) is 0. The van der Waals surface area contributed by atoms with E-state index in [1.807, 2.05) is 6.08 Å². The van der Waals surface area contributed by atoms with Crippen LogP contribution < -0.4 is 0 Å². The van der Waals surface area contributed by atoms with Crippen LogP contribution in [0.3, 0.4) is 0 Å². The van der Waals surface area contributed by atoms with Crippen molar-refractivity contribution in [2.24, 2.45) is 0 Å². The second kappa shape index (κ2) is 23.2. The Morgan fingerprint density at radius 2 is 0.760 bits per heavy atom. The maximum atomic E-state index is 3.77. The molecular weight excluding hydrogens is 300 g/mol.